The van der Waals surface area contributed by atoms with Crippen LogP contribution in [0.4, 0.5) is 10.5 Å². The number of anilines is 1. The van der Waals surface area contributed by atoms with Crippen molar-refractivity contribution in [1.29, 1.82) is 5.26 Å². The van der Waals surface area contributed by atoms with Crippen molar-refractivity contribution in [1.82, 2.24) is 25.0 Å². The number of amides is 2. The fourth-order valence-corrected chi connectivity index (χ4v) is 3.38. The summed E-state index contributed by atoms with van der Waals surface area (Å²) in [4.78, 5) is 18.4. The smallest absolute Gasteiger partial charge is 0.321 e. The molecule has 9 heteroatoms. The van der Waals surface area contributed by atoms with Crippen LogP contribution in [0.5, 0.6) is 5.88 Å². The van der Waals surface area contributed by atoms with Gasteiger partial charge >= 0.3 is 6.03 Å². The number of rotatable bonds is 3. The van der Waals surface area contributed by atoms with E-state index in [2.05, 4.69) is 26.8 Å². The van der Waals surface area contributed by atoms with Gasteiger partial charge in [0.05, 0.1) is 34.8 Å². The van der Waals surface area contributed by atoms with Crippen molar-refractivity contribution in [3.63, 3.8) is 0 Å². The molecule has 1 aliphatic heterocycles. The number of hydrogen-bond acceptors (Lipinski definition) is 6. The fourth-order valence-electron chi connectivity index (χ4n) is 3.38. The molecule has 3 aromatic rings. The highest BCUT2D eigenvalue weighted by Crippen LogP contribution is 2.34. The molecule has 4 rings (SSSR count). The Hall–Kier alpha value is -3.90. The lowest BCUT2D eigenvalue weighted by Gasteiger charge is -2.27. The molecule has 0 bridgehead atoms. The van der Waals surface area contributed by atoms with Crippen LogP contribution in [0.2, 0.25) is 0 Å². The minimum atomic E-state index is -0.160. The molecule has 3 heterocycles. The third kappa shape index (κ3) is 3.81. The molecule has 9 nitrogen and oxygen atoms in total. The van der Waals surface area contributed by atoms with Gasteiger partial charge in [0, 0.05) is 26.2 Å². The quantitative estimate of drug-likeness (QED) is 0.617. The summed E-state index contributed by atoms with van der Waals surface area (Å²) in [7, 11) is 0. The second kappa shape index (κ2) is 8.23. The summed E-state index contributed by atoms with van der Waals surface area (Å²) in [6, 6.07) is 12.3. The molecule has 0 aliphatic carbocycles. The van der Waals surface area contributed by atoms with Gasteiger partial charge in [0.25, 0.3) is 0 Å². The topological polar surface area (TPSA) is 119 Å². The monoisotopic (exact) mass is 403 g/mol. The van der Waals surface area contributed by atoms with E-state index in [1.54, 1.807) is 48.2 Å². The molecular weight excluding hydrogens is 382 g/mol. The van der Waals surface area contributed by atoms with Crippen LogP contribution < -0.4 is 10.6 Å². The van der Waals surface area contributed by atoms with Crippen LogP contribution in [-0.2, 0) is 0 Å². The number of nitriles is 1. The maximum absolute atomic E-state index is 12.3. The van der Waals surface area contributed by atoms with E-state index < -0.39 is 0 Å². The first-order valence-electron chi connectivity index (χ1n) is 9.59. The molecule has 3 N–H and O–H groups in total. The first-order chi connectivity index (χ1) is 14.6. The Kier molecular flexibility index (Phi) is 5.32. The minimum absolute atomic E-state index is 0.0395. The summed E-state index contributed by atoms with van der Waals surface area (Å²) in [5.74, 6) is 0.387. The Morgan fingerprint density at radius 1 is 1.20 bits per heavy atom. The van der Waals surface area contributed by atoms with Gasteiger partial charge in [-0.3, -0.25) is 0 Å². The largest absolute Gasteiger partial charge is 0.493 e. The molecule has 30 heavy (non-hydrogen) atoms. The first kappa shape index (κ1) is 19.4. The Morgan fingerprint density at radius 3 is 2.57 bits per heavy atom. The van der Waals surface area contributed by atoms with Crippen LogP contribution >= 0.6 is 0 Å². The maximum Gasteiger partial charge on any atom is 0.321 e. The number of aryl methyl sites for hydroxylation is 1. The molecule has 1 fully saturated rings. The van der Waals surface area contributed by atoms with Crippen molar-refractivity contribution >= 4 is 11.7 Å². The van der Waals surface area contributed by atoms with Crippen molar-refractivity contribution in [3.05, 3.63) is 53.9 Å². The van der Waals surface area contributed by atoms with Gasteiger partial charge in [-0.15, -0.1) is 0 Å². The standard InChI is InChI=1S/C21H21N7O2/c1-14-19(16-4-2-15(12-22)3-5-16)20(29)28(26-14)18-7-6-17(13-24-18)25-21(30)27-10-8-23-9-11-27/h2-7,13,23,29H,8-11H2,1H3,(H,25,30). The number of hydrogen-bond donors (Lipinski definition) is 3. The highest BCUT2D eigenvalue weighted by molar-refractivity contribution is 5.89. The molecule has 0 saturated carbocycles. The second-order valence-electron chi connectivity index (χ2n) is 6.96. The highest BCUT2D eigenvalue weighted by Gasteiger charge is 2.19. The molecule has 0 spiro atoms. The average molecular weight is 403 g/mol. The van der Waals surface area contributed by atoms with E-state index in [4.69, 9.17) is 5.26 Å². The number of carbonyl (C=O) groups excluding carboxylic acids is 1. The number of nitrogens with one attached hydrogen (secondary N) is 2. The Balaban J connectivity index is 1.54. The predicted molar refractivity (Wildman–Crippen MR) is 111 cm³/mol. The molecule has 0 radical (unpaired) electrons. The lowest BCUT2D eigenvalue weighted by Crippen LogP contribution is -2.48. The van der Waals surface area contributed by atoms with E-state index in [0.717, 1.165) is 18.7 Å². The van der Waals surface area contributed by atoms with Crippen LogP contribution in [0.1, 0.15) is 11.3 Å². The normalized spacial score (nSPS) is 13.7. The molecule has 2 amide bonds. The van der Waals surface area contributed by atoms with E-state index in [1.807, 2.05) is 0 Å². The van der Waals surface area contributed by atoms with Gasteiger partial charge in [-0.1, -0.05) is 12.1 Å². The summed E-state index contributed by atoms with van der Waals surface area (Å²) in [5.41, 5.74) is 3.09. The lowest BCUT2D eigenvalue weighted by atomic mass is 10.0. The van der Waals surface area contributed by atoms with Crippen molar-refractivity contribution in [2.75, 3.05) is 31.5 Å². The third-order valence-electron chi connectivity index (χ3n) is 4.96. The molecule has 1 aromatic carbocycles. The highest BCUT2D eigenvalue weighted by atomic mass is 16.3. The van der Waals surface area contributed by atoms with Crippen LogP contribution in [0, 0.1) is 18.3 Å². The number of carbonyl (C=O) groups is 1. The molecular formula is C21H21N7O2. The SMILES string of the molecule is Cc1nn(-c2ccc(NC(=O)N3CCNCC3)cn2)c(O)c1-c1ccc(C#N)cc1. The molecule has 0 unspecified atom stereocenters. The van der Waals surface area contributed by atoms with Gasteiger partial charge in [-0.05, 0) is 36.8 Å². The van der Waals surface area contributed by atoms with E-state index in [1.165, 1.54) is 10.9 Å². The van der Waals surface area contributed by atoms with E-state index in [0.29, 0.717) is 41.4 Å². The van der Waals surface area contributed by atoms with Crippen LogP contribution in [-0.4, -0.2) is 57.0 Å². The average Bonchev–Trinajstić information content (AvgIpc) is 3.09. The van der Waals surface area contributed by atoms with Crippen LogP contribution in [0.15, 0.2) is 42.6 Å². The summed E-state index contributed by atoms with van der Waals surface area (Å²) in [5, 5.41) is 30.1. The number of nitrogens with zero attached hydrogens (tertiary/aromatic N) is 5. The zero-order valence-electron chi connectivity index (χ0n) is 16.5. The molecule has 1 saturated heterocycles. The summed E-state index contributed by atoms with van der Waals surface area (Å²) in [6.07, 6.45) is 1.53. The van der Waals surface area contributed by atoms with E-state index in [-0.39, 0.29) is 11.9 Å². The van der Waals surface area contributed by atoms with Gasteiger partial charge in [-0.25, -0.2) is 9.78 Å². The Morgan fingerprint density at radius 2 is 1.93 bits per heavy atom. The van der Waals surface area contributed by atoms with Crippen LogP contribution in [0.3, 0.4) is 0 Å². The fraction of sp³-hybridized carbons (Fsp3) is 0.238. The maximum atomic E-state index is 12.3. The number of urea groups is 1. The van der Waals surface area contributed by atoms with Crippen LogP contribution in [0.25, 0.3) is 16.9 Å². The van der Waals surface area contributed by atoms with Crippen molar-refractivity contribution in [2.24, 2.45) is 0 Å². The predicted octanol–water partition coefficient (Wildman–Crippen LogP) is 2.26. The molecule has 0 atom stereocenters. The van der Waals surface area contributed by atoms with E-state index >= 15 is 0 Å². The zero-order valence-corrected chi connectivity index (χ0v) is 16.5. The number of pyridine rings is 1. The van der Waals surface area contributed by atoms with Crippen molar-refractivity contribution < 1.29 is 9.90 Å². The van der Waals surface area contributed by atoms with E-state index in [9.17, 15) is 9.90 Å². The minimum Gasteiger partial charge on any atom is -0.493 e. The summed E-state index contributed by atoms with van der Waals surface area (Å²) in [6.45, 7) is 4.69. The summed E-state index contributed by atoms with van der Waals surface area (Å²) < 4.78 is 1.35. The number of piperazine rings is 1. The van der Waals surface area contributed by atoms with Gasteiger partial charge in [0.1, 0.15) is 0 Å². The molecule has 1 aliphatic rings. The van der Waals surface area contributed by atoms with Gasteiger partial charge < -0.3 is 20.6 Å². The molecule has 152 valence electrons. The zero-order chi connectivity index (χ0) is 21.1. The summed E-state index contributed by atoms with van der Waals surface area (Å²) >= 11 is 0. The Bertz CT molecular complexity index is 1090. The molecule has 2 aromatic heterocycles. The number of aromatic nitrogens is 3. The van der Waals surface area contributed by atoms with Crippen molar-refractivity contribution in [2.45, 2.75) is 6.92 Å². The van der Waals surface area contributed by atoms with Gasteiger partial charge in [-0.2, -0.15) is 15.0 Å². The first-order valence-corrected chi connectivity index (χ1v) is 9.59. The van der Waals surface area contributed by atoms with Gasteiger partial charge in [0.15, 0.2) is 5.82 Å². The van der Waals surface area contributed by atoms with Gasteiger partial charge in [0.2, 0.25) is 5.88 Å². The Labute approximate surface area is 173 Å². The number of aromatic hydroxyl groups is 1. The lowest BCUT2D eigenvalue weighted by molar-refractivity contribution is 0.204. The number of benzene rings is 1. The van der Waals surface area contributed by atoms with Crippen molar-refractivity contribution in [3.8, 4) is 28.9 Å². The second-order valence-corrected chi connectivity index (χ2v) is 6.96. The third-order valence-corrected chi connectivity index (χ3v) is 4.96.